The smallest absolute Gasteiger partial charge is 0.200 e. The molecule has 0 atom stereocenters. The molecule has 0 unspecified atom stereocenters. The van der Waals surface area contributed by atoms with E-state index in [0.717, 1.165) is 6.42 Å². The van der Waals surface area contributed by atoms with Crippen molar-refractivity contribution in [3.8, 4) is 0 Å². The van der Waals surface area contributed by atoms with Crippen LogP contribution in [0.3, 0.4) is 0 Å². The first-order chi connectivity index (χ1) is 12.3. The summed E-state index contributed by atoms with van der Waals surface area (Å²) in [6.07, 6.45) is 3.20. The van der Waals surface area contributed by atoms with E-state index in [1.807, 2.05) is 0 Å². The summed E-state index contributed by atoms with van der Waals surface area (Å²) in [5, 5.41) is 0. The average molecular weight is 377 g/mol. The summed E-state index contributed by atoms with van der Waals surface area (Å²) >= 11 is 0. The molecule has 1 aromatic rings. The largest absolute Gasteiger partial charge is 0.412 e. The van der Waals surface area contributed by atoms with E-state index in [4.69, 9.17) is 9.16 Å². The van der Waals surface area contributed by atoms with Crippen molar-refractivity contribution in [2.75, 3.05) is 13.2 Å². The zero-order valence-electron chi connectivity index (χ0n) is 18.3. The highest BCUT2D eigenvalue weighted by Crippen LogP contribution is 2.42. The first-order valence-corrected chi connectivity index (χ1v) is 12.4. The molecule has 1 rings (SSSR count). The van der Waals surface area contributed by atoms with Crippen LogP contribution < -0.4 is 0 Å². The van der Waals surface area contributed by atoms with Crippen LogP contribution in [0.1, 0.15) is 66.5 Å². The van der Waals surface area contributed by atoms with Gasteiger partial charge in [-0.3, -0.25) is 0 Å². The van der Waals surface area contributed by atoms with Crippen LogP contribution in [0.25, 0.3) is 0 Å². The maximum absolute atomic E-state index is 6.71. The average Bonchev–Trinajstić information content (AvgIpc) is 2.60. The van der Waals surface area contributed by atoms with Crippen molar-refractivity contribution in [3.63, 3.8) is 0 Å². The van der Waals surface area contributed by atoms with Gasteiger partial charge in [-0.1, -0.05) is 78.8 Å². The van der Waals surface area contributed by atoms with Gasteiger partial charge in [-0.15, -0.1) is 0 Å². The third-order valence-corrected chi connectivity index (χ3v) is 11.7. The van der Waals surface area contributed by atoms with Gasteiger partial charge in [0.1, 0.15) is 0 Å². The van der Waals surface area contributed by atoms with Crippen LogP contribution in [0.15, 0.2) is 35.9 Å². The molecular formula is C23H40O2Si. The lowest BCUT2D eigenvalue weighted by Crippen LogP contribution is -2.48. The molecule has 0 amide bonds. The molecule has 0 aliphatic rings. The van der Waals surface area contributed by atoms with Gasteiger partial charge in [0.05, 0.1) is 19.8 Å². The maximum atomic E-state index is 6.71. The number of hydrogen-bond acceptors (Lipinski definition) is 2. The van der Waals surface area contributed by atoms with Crippen LogP contribution >= 0.6 is 0 Å². The Morgan fingerprint density at radius 1 is 0.923 bits per heavy atom. The van der Waals surface area contributed by atoms with E-state index in [0.29, 0.717) is 36.4 Å². The minimum atomic E-state index is -1.82. The van der Waals surface area contributed by atoms with E-state index in [1.54, 1.807) is 0 Å². The van der Waals surface area contributed by atoms with Crippen LogP contribution in [0.2, 0.25) is 16.6 Å². The zero-order valence-corrected chi connectivity index (χ0v) is 19.3. The molecule has 0 bridgehead atoms. The number of allylic oxidation sites excluding steroid dienone is 1. The fourth-order valence-electron chi connectivity index (χ4n) is 4.26. The first kappa shape index (κ1) is 23.1. The van der Waals surface area contributed by atoms with Gasteiger partial charge in [-0.25, -0.2) is 0 Å². The Morgan fingerprint density at radius 3 is 1.92 bits per heavy atom. The van der Waals surface area contributed by atoms with Gasteiger partial charge in [-0.2, -0.15) is 0 Å². The van der Waals surface area contributed by atoms with Crippen molar-refractivity contribution < 1.29 is 9.16 Å². The third kappa shape index (κ3) is 5.80. The molecular weight excluding hydrogens is 336 g/mol. The van der Waals surface area contributed by atoms with Gasteiger partial charge in [-0.05, 0) is 46.7 Å². The van der Waals surface area contributed by atoms with Gasteiger partial charge >= 0.3 is 0 Å². The van der Waals surface area contributed by atoms with Crippen LogP contribution in [-0.4, -0.2) is 21.5 Å². The van der Waals surface area contributed by atoms with E-state index >= 15 is 0 Å². The summed E-state index contributed by atoms with van der Waals surface area (Å²) in [6, 6.07) is 8.54. The topological polar surface area (TPSA) is 18.5 Å². The third-order valence-electron chi connectivity index (χ3n) is 5.67. The molecule has 26 heavy (non-hydrogen) atoms. The Bertz CT molecular complexity index is 539. The second-order valence-corrected chi connectivity index (χ2v) is 13.6. The minimum absolute atomic E-state index is 0.609. The number of rotatable bonds is 11. The van der Waals surface area contributed by atoms with Crippen LogP contribution in [0, 0.1) is 0 Å². The molecule has 0 saturated heterocycles. The van der Waals surface area contributed by atoms with E-state index in [2.05, 4.69) is 85.7 Å². The van der Waals surface area contributed by atoms with Crippen LogP contribution in [-0.2, 0) is 22.2 Å². The summed E-state index contributed by atoms with van der Waals surface area (Å²) in [5.41, 5.74) is 5.74. The molecule has 0 radical (unpaired) electrons. The molecule has 0 heterocycles. The number of aryl methyl sites for hydroxylation is 1. The molecule has 3 heteroatoms. The summed E-state index contributed by atoms with van der Waals surface area (Å²) < 4.78 is 12.7. The van der Waals surface area contributed by atoms with E-state index < -0.39 is 8.32 Å². The molecule has 0 aliphatic carbocycles. The lowest BCUT2D eigenvalue weighted by atomic mass is 10.1. The molecule has 0 spiro atoms. The van der Waals surface area contributed by atoms with Gasteiger partial charge in [0.25, 0.3) is 0 Å². The Hall–Kier alpha value is -0.903. The Morgan fingerprint density at radius 2 is 1.46 bits per heavy atom. The molecule has 0 aromatic heterocycles. The minimum Gasteiger partial charge on any atom is -0.412 e. The van der Waals surface area contributed by atoms with Crippen molar-refractivity contribution in [1.82, 2.24) is 0 Å². The Kier molecular flexibility index (Phi) is 9.84. The van der Waals surface area contributed by atoms with Crippen LogP contribution in [0.4, 0.5) is 0 Å². The predicted octanol–water partition coefficient (Wildman–Crippen LogP) is 6.90. The van der Waals surface area contributed by atoms with Crippen LogP contribution in [0.5, 0.6) is 0 Å². The SMILES string of the molecule is C/C=C(\COCc1ccccc1CC)CO[Si](C(C)C)(C(C)C)C(C)C. The van der Waals surface area contributed by atoms with Crippen molar-refractivity contribution in [2.24, 2.45) is 0 Å². The van der Waals surface area contributed by atoms with E-state index in [1.165, 1.54) is 16.7 Å². The lowest BCUT2D eigenvalue weighted by Gasteiger charge is -2.42. The van der Waals surface area contributed by atoms with Gasteiger partial charge in [0, 0.05) is 0 Å². The summed E-state index contributed by atoms with van der Waals surface area (Å²) in [6.45, 7) is 20.3. The molecule has 0 saturated carbocycles. The number of hydrogen-bond donors (Lipinski definition) is 0. The summed E-state index contributed by atoms with van der Waals surface area (Å²) in [7, 11) is -1.82. The monoisotopic (exact) mass is 376 g/mol. The van der Waals surface area contributed by atoms with Gasteiger partial charge in [0.2, 0.25) is 8.32 Å². The van der Waals surface area contributed by atoms with Gasteiger partial charge in [0.15, 0.2) is 0 Å². The van der Waals surface area contributed by atoms with Crippen molar-refractivity contribution in [3.05, 3.63) is 47.0 Å². The number of benzene rings is 1. The lowest BCUT2D eigenvalue weighted by molar-refractivity contribution is 0.133. The highest BCUT2D eigenvalue weighted by atomic mass is 28.4. The fraction of sp³-hybridized carbons (Fsp3) is 0.652. The quantitative estimate of drug-likeness (QED) is 0.309. The molecule has 0 N–H and O–H groups in total. The predicted molar refractivity (Wildman–Crippen MR) is 116 cm³/mol. The Balaban J connectivity index is 2.67. The highest BCUT2D eigenvalue weighted by molar-refractivity contribution is 6.77. The zero-order chi connectivity index (χ0) is 19.7. The van der Waals surface area contributed by atoms with Crippen molar-refractivity contribution in [1.29, 1.82) is 0 Å². The van der Waals surface area contributed by atoms with Crippen molar-refractivity contribution in [2.45, 2.75) is 85.0 Å². The summed E-state index contributed by atoms with van der Waals surface area (Å²) in [4.78, 5) is 0. The molecule has 1 aromatic carbocycles. The maximum Gasteiger partial charge on any atom is 0.200 e. The fourth-order valence-corrected chi connectivity index (χ4v) is 9.70. The molecule has 0 aliphatic heterocycles. The van der Waals surface area contributed by atoms with E-state index in [9.17, 15) is 0 Å². The standard InChI is InChI=1S/C23H40O2Si/c1-9-21(15-24-17-23-14-12-11-13-22(23)10-2)16-25-26(18(3)4,19(5)6)20(7)8/h9,11-14,18-20H,10,15-17H2,1-8H3/b21-9+. The van der Waals surface area contributed by atoms with E-state index in [-0.39, 0.29) is 0 Å². The number of ether oxygens (including phenoxy) is 1. The molecule has 2 nitrogen and oxygen atoms in total. The second kappa shape index (κ2) is 11.1. The van der Waals surface area contributed by atoms with Crippen molar-refractivity contribution >= 4 is 8.32 Å². The second-order valence-electron chi connectivity index (χ2n) is 8.17. The Labute approximate surface area is 163 Å². The van der Waals surface area contributed by atoms with Gasteiger partial charge < -0.3 is 9.16 Å². The normalized spacial score (nSPS) is 13.3. The molecule has 0 fully saturated rings. The molecule has 148 valence electrons. The first-order valence-electron chi connectivity index (χ1n) is 10.2. The summed E-state index contributed by atoms with van der Waals surface area (Å²) in [5.74, 6) is 0. The highest BCUT2D eigenvalue weighted by Gasteiger charge is 2.45.